The van der Waals surface area contributed by atoms with E-state index in [1.165, 1.54) is 4.90 Å². The topological polar surface area (TPSA) is 96.4 Å². The molecule has 0 atom stereocenters. The number of nitrogens with zero attached hydrogens (tertiary/aromatic N) is 5. The summed E-state index contributed by atoms with van der Waals surface area (Å²) in [5, 5.41) is 4.51. The summed E-state index contributed by atoms with van der Waals surface area (Å²) in [6.07, 6.45) is 3.44. The van der Waals surface area contributed by atoms with Crippen LogP contribution in [0, 0.1) is 0 Å². The predicted octanol–water partition coefficient (Wildman–Crippen LogP) is 1.19. The molecule has 3 aromatic rings. The molecule has 0 saturated carbocycles. The lowest BCUT2D eigenvalue weighted by atomic mass is 10.2. The molecule has 1 N–H and O–H groups in total. The monoisotopic (exact) mass is 380 g/mol. The summed E-state index contributed by atoms with van der Waals surface area (Å²) in [4.78, 5) is 35.4. The Morgan fingerprint density at radius 1 is 1.25 bits per heavy atom. The average molecular weight is 380 g/mol. The summed E-state index contributed by atoms with van der Waals surface area (Å²) in [6.45, 7) is 1.05. The maximum Gasteiger partial charge on any atom is 0.274 e. The Bertz CT molecular complexity index is 993. The van der Waals surface area contributed by atoms with Crippen LogP contribution in [0.25, 0.3) is 17.1 Å². The van der Waals surface area contributed by atoms with Crippen molar-refractivity contribution in [2.24, 2.45) is 0 Å². The number of H-pyrrole nitrogens is 1. The first-order valence-corrected chi connectivity index (χ1v) is 8.84. The first kappa shape index (κ1) is 17.8. The summed E-state index contributed by atoms with van der Waals surface area (Å²) < 4.78 is 6.76. The zero-order valence-corrected chi connectivity index (χ0v) is 15.6. The molecule has 28 heavy (non-hydrogen) atoms. The number of hydrogen-bond acceptors (Lipinski definition) is 5. The van der Waals surface area contributed by atoms with Crippen LogP contribution < -0.4 is 4.74 Å². The minimum atomic E-state index is -0.269. The molecule has 0 aromatic carbocycles. The zero-order valence-electron chi connectivity index (χ0n) is 15.6. The maximum absolute atomic E-state index is 13.0. The van der Waals surface area contributed by atoms with Crippen LogP contribution in [0.1, 0.15) is 10.5 Å². The molecule has 4 rings (SSSR count). The van der Waals surface area contributed by atoms with Crippen LogP contribution >= 0.6 is 0 Å². The molecule has 0 bridgehead atoms. The molecule has 9 heteroatoms. The van der Waals surface area contributed by atoms with E-state index in [1.807, 2.05) is 18.2 Å². The Balaban J connectivity index is 1.71. The molecule has 0 aliphatic carbocycles. The Morgan fingerprint density at radius 2 is 2.11 bits per heavy atom. The van der Waals surface area contributed by atoms with E-state index in [4.69, 9.17) is 4.74 Å². The highest BCUT2D eigenvalue weighted by Crippen LogP contribution is 2.24. The fourth-order valence-electron chi connectivity index (χ4n) is 3.08. The number of aromatic amines is 1. The number of amides is 2. The molecule has 3 aromatic heterocycles. The third kappa shape index (κ3) is 3.22. The van der Waals surface area contributed by atoms with Crippen molar-refractivity contribution in [1.29, 1.82) is 0 Å². The number of ether oxygens (including phenoxy) is 1. The Hall–Kier alpha value is -3.62. The number of methoxy groups -OCH3 is 1. The van der Waals surface area contributed by atoms with E-state index in [0.29, 0.717) is 24.7 Å². The highest BCUT2D eigenvalue weighted by atomic mass is 16.5. The second-order valence-electron chi connectivity index (χ2n) is 6.51. The molecule has 0 radical (unpaired) electrons. The van der Waals surface area contributed by atoms with Crippen molar-refractivity contribution in [2.75, 3.05) is 33.8 Å². The molecule has 1 aliphatic heterocycles. The van der Waals surface area contributed by atoms with Crippen molar-refractivity contribution in [3.05, 3.63) is 48.4 Å². The van der Waals surface area contributed by atoms with Crippen molar-refractivity contribution < 1.29 is 14.3 Å². The molecular weight excluding hydrogens is 360 g/mol. The third-order valence-corrected chi connectivity index (χ3v) is 4.72. The lowest BCUT2D eigenvalue weighted by Gasteiger charge is -2.31. The van der Waals surface area contributed by atoms with Gasteiger partial charge in [-0.15, -0.1) is 0 Å². The van der Waals surface area contributed by atoms with Crippen molar-refractivity contribution in [3.8, 4) is 23.0 Å². The van der Waals surface area contributed by atoms with Gasteiger partial charge in [0.15, 0.2) is 5.69 Å². The number of likely N-dealkylation sites (N-methyl/N-ethyl adjacent to an activating group) is 1. The average Bonchev–Trinajstić information content (AvgIpc) is 3.39. The zero-order chi connectivity index (χ0) is 19.7. The van der Waals surface area contributed by atoms with E-state index in [9.17, 15) is 9.59 Å². The first-order valence-electron chi connectivity index (χ1n) is 8.84. The first-order chi connectivity index (χ1) is 13.6. The molecule has 0 spiro atoms. The second kappa shape index (κ2) is 7.18. The number of aromatic nitrogens is 4. The summed E-state index contributed by atoms with van der Waals surface area (Å²) in [7, 11) is 3.28. The smallest absolute Gasteiger partial charge is 0.274 e. The van der Waals surface area contributed by atoms with Crippen LogP contribution in [0.5, 0.6) is 5.88 Å². The van der Waals surface area contributed by atoms with Crippen LogP contribution in [0.2, 0.25) is 0 Å². The predicted molar refractivity (Wildman–Crippen MR) is 101 cm³/mol. The van der Waals surface area contributed by atoms with Gasteiger partial charge in [0.2, 0.25) is 11.8 Å². The van der Waals surface area contributed by atoms with Crippen LogP contribution in [-0.2, 0) is 4.79 Å². The summed E-state index contributed by atoms with van der Waals surface area (Å²) in [5.41, 5.74) is 2.51. The van der Waals surface area contributed by atoms with E-state index >= 15 is 0 Å². The Labute approximate surface area is 161 Å². The van der Waals surface area contributed by atoms with Gasteiger partial charge in [0.1, 0.15) is 6.54 Å². The largest absolute Gasteiger partial charge is 0.481 e. The number of carbonyl (C=O) groups is 2. The van der Waals surface area contributed by atoms with Crippen molar-refractivity contribution >= 4 is 11.8 Å². The molecule has 1 fully saturated rings. The van der Waals surface area contributed by atoms with Crippen LogP contribution in [-0.4, -0.2) is 75.2 Å². The number of pyridine rings is 1. The lowest BCUT2D eigenvalue weighted by molar-refractivity contribution is -0.133. The molecule has 0 unspecified atom stereocenters. The van der Waals surface area contributed by atoms with Gasteiger partial charge in [0.05, 0.1) is 30.4 Å². The fourth-order valence-corrected chi connectivity index (χ4v) is 3.08. The molecular formula is C19H20N6O3. The Kier molecular flexibility index (Phi) is 4.56. The number of carbonyl (C=O) groups excluding carboxylic acids is 2. The highest BCUT2D eigenvalue weighted by molar-refractivity contribution is 5.96. The second-order valence-corrected chi connectivity index (χ2v) is 6.51. The van der Waals surface area contributed by atoms with Gasteiger partial charge < -0.3 is 19.5 Å². The van der Waals surface area contributed by atoms with Gasteiger partial charge >= 0.3 is 0 Å². The van der Waals surface area contributed by atoms with Crippen molar-refractivity contribution in [3.63, 3.8) is 0 Å². The standard InChI is InChI=1S/C19H20N6O3/c1-23-8-9-24(12-18(23)26)19(27)15-10-16(14-4-3-7-20-14)25(22-15)13-5-6-17(28-2)21-11-13/h3-7,10-11,20H,8-9,12H2,1-2H3. The summed E-state index contributed by atoms with van der Waals surface area (Å²) in [6, 6.07) is 9.05. The summed E-state index contributed by atoms with van der Waals surface area (Å²) >= 11 is 0. The number of hydrogen-bond donors (Lipinski definition) is 1. The van der Waals surface area contributed by atoms with Gasteiger partial charge in [-0.25, -0.2) is 9.67 Å². The quantitative estimate of drug-likeness (QED) is 0.733. The van der Waals surface area contributed by atoms with E-state index in [-0.39, 0.29) is 24.1 Å². The number of rotatable bonds is 4. The fraction of sp³-hybridized carbons (Fsp3) is 0.263. The molecule has 9 nitrogen and oxygen atoms in total. The minimum Gasteiger partial charge on any atom is -0.481 e. The molecule has 2 amide bonds. The third-order valence-electron chi connectivity index (χ3n) is 4.72. The van der Waals surface area contributed by atoms with Gasteiger partial charge in [-0.05, 0) is 24.3 Å². The SMILES string of the molecule is COc1ccc(-n2nc(C(=O)N3CCN(C)C(=O)C3)cc2-c2ccc[nH]2)cn1. The molecule has 1 saturated heterocycles. The van der Waals surface area contributed by atoms with Gasteiger partial charge in [-0.1, -0.05) is 0 Å². The number of nitrogens with one attached hydrogen (secondary N) is 1. The van der Waals surface area contributed by atoms with E-state index < -0.39 is 0 Å². The summed E-state index contributed by atoms with van der Waals surface area (Å²) in [5.74, 6) is 0.141. The van der Waals surface area contributed by atoms with Crippen LogP contribution in [0.15, 0.2) is 42.7 Å². The van der Waals surface area contributed by atoms with Gasteiger partial charge in [0, 0.05) is 32.4 Å². The van der Waals surface area contributed by atoms with Gasteiger partial charge in [-0.2, -0.15) is 5.10 Å². The molecule has 4 heterocycles. The Morgan fingerprint density at radius 3 is 2.75 bits per heavy atom. The van der Waals surface area contributed by atoms with E-state index in [0.717, 1.165) is 11.4 Å². The van der Waals surface area contributed by atoms with E-state index in [1.54, 1.807) is 48.3 Å². The van der Waals surface area contributed by atoms with Gasteiger partial charge in [-0.3, -0.25) is 9.59 Å². The van der Waals surface area contributed by atoms with Crippen molar-refractivity contribution in [1.82, 2.24) is 29.5 Å². The maximum atomic E-state index is 13.0. The van der Waals surface area contributed by atoms with Crippen LogP contribution in [0.3, 0.4) is 0 Å². The molecule has 1 aliphatic rings. The minimum absolute atomic E-state index is 0.0596. The number of piperazine rings is 1. The highest BCUT2D eigenvalue weighted by Gasteiger charge is 2.28. The van der Waals surface area contributed by atoms with E-state index in [2.05, 4.69) is 15.1 Å². The molecule has 144 valence electrons. The van der Waals surface area contributed by atoms with Gasteiger partial charge in [0.25, 0.3) is 5.91 Å². The lowest BCUT2D eigenvalue weighted by Crippen LogP contribution is -2.50. The normalized spacial score (nSPS) is 14.4. The van der Waals surface area contributed by atoms with Crippen LogP contribution in [0.4, 0.5) is 0 Å². The van der Waals surface area contributed by atoms with Crippen molar-refractivity contribution in [2.45, 2.75) is 0 Å².